The zero-order valence-corrected chi connectivity index (χ0v) is 12.7. The summed E-state index contributed by atoms with van der Waals surface area (Å²) in [7, 11) is -3.32. The second kappa shape index (κ2) is 6.70. The summed E-state index contributed by atoms with van der Waals surface area (Å²) in [6.45, 7) is 1.19. The molecule has 6 heteroatoms. The number of benzene rings is 1. The van der Waals surface area contributed by atoms with E-state index in [4.69, 9.17) is 11.6 Å². The van der Waals surface area contributed by atoms with Crippen molar-refractivity contribution in [1.29, 1.82) is 0 Å². The SMILES string of the molecule is O=CC1CCCCN1CCS(=O)(=O)c1ccc(Cl)cc1. The molecule has 1 aliphatic heterocycles. The topological polar surface area (TPSA) is 54.5 Å². The molecule has 0 aliphatic carbocycles. The Morgan fingerprint density at radius 1 is 1.25 bits per heavy atom. The number of hydrogen-bond acceptors (Lipinski definition) is 4. The number of carbonyl (C=O) groups excluding carboxylic acids is 1. The summed E-state index contributed by atoms with van der Waals surface area (Å²) >= 11 is 5.76. The van der Waals surface area contributed by atoms with Crippen LogP contribution in [0.25, 0.3) is 0 Å². The molecule has 2 rings (SSSR count). The molecule has 1 aliphatic rings. The maximum atomic E-state index is 12.2. The zero-order valence-electron chi connectivity index (χ0n) is 11.2. The molecule has 1 aromatic carbocycles. The van der Waals surface area contributed by atoms with Gasteiger partial charge in [0, 0.05) is 11.6 Å². The Balaban J connectivity index is 2.01. The van der Waals surface area contributed by atoms with E-state index in [0.29, 0.717) is 11.6 Å². The molecule has 0 bridgehead atoms. The predicted octanol–water partition coefficient (Wildman–Crippen LogP) is 2.17. The summed E-state index contributed by atoms with van der Waals surface area (Å²) < 4.78 is 24.4. The molecular weight excluding hydrogens is 298 g/mol. The first kappa shape index (κ1) is 15.5. The molecule has 0 aromatic heterocycles. The fourth-order valence-corrected chi connectivity index (χ4v) is 3.83. The number of rotatable bonds is 5. The normalized spacial score (nSPS) is 20.8. The average Bonchev–Trinajstić information content (AvgIpc) is 2.46. The van der Waals surface area contributed by atoms with E-state index in [2.05, 4.69) is 0 Å². The Kier molecular flexibility index (Phi) is 5.18. The summed E-state index contributed by atoms with van der Waals surface area (Å²) in [6, 6.07) is 6.05. The van der Waals surface area contributed by atoms with E-state index >= 15 is 0 Å². The van der Waals surface area contributed by atoms with Crippen LogP contribution in [-0.4, -0.2) is 44.5 Å². The Bertz CT molecular complexity index is 556. The third-order valence-corrected chi connectivity index (χ3v) is 5.60. The van der Waals surface area contributed by atoms with Gasteiger partial charge in [-0.15, -0.1) is 0 Å². The molecule has 1 heterocycles. The minimum absolute atomic E-state index is 0.0268. The number of nitrogens with zero attached hydrogens (tertiary/aromatic N) is 1. The lowest BCUT2D eigenvalue weighted by Gasteiger charge is -2.31. The van der Waals surface area contributed by atoms with E-state index in [0.717, 1.165) is 32.1 Å². The highest BCUT2D eigenvalue weighted by atomic mass is 35.5. The van der Waals surface area contributed by atoms with E-state index < -0.39 is 9.84 Å². The molecule has 1 atom stereocenters. The highest BCUT2D eigenvalue weighted by molar-refractivity contribution is 7.91. The molecule has 1 aromatic rings. The lowest BCUT2D eigenvalue weighted by molar-refractivity contribution is -0.113. The van der Waals surface area contributed by atoms with Crippen molar-refractivity contribution in [3.63, 3.8) is 0 Å². The first-order valence-electron chi connectivity index (χ1n) is 6.70. The van der Waals surface area contributed by atoms with Gasteiger partial charge >= 0.3 is 0 Å². The highest BCUT2D eigenvalue weighted by Crippen LogP contribution is 2.18. The van der Waals surface area contributed by atoms with Crippen LogP contribution in [0.15, 0.2) is 29.2 Å². The van der Waals surface area contributed by atoms with Gasteiger partial charge in [0.1, 0.15) is 6.29 Å². The summed E-state index contributed by atoms with van der Waals surface area (Å²) in [5.74, 6) is 0.0268. The van der Waals surface area contributed by atoms with Crippen LogP contribution in [0.3, 0.4) is 0 Å². The first-order valence-corrected chi connectivity index (χ1v) is 8.73. The van der Waals surface area contributed by atoms with Gasteiger partial charge in [-0.2, -0.15) is 0 Å². The predicted molar refractivity (Wildman–Crippen MR) is 78.8 cm³/mol. The van der Waals surface area contributed by atoms with Gasteiger partial charge in [-0.05, 0) is 43.7 Å². The average molecular weight is 316 g/mol. The minimum Gasteiger partial charge on any atom is -0.302 e. The maximum Gasteiger partial charge on any atom is 0.179 e. The van der Waals surface area contributed by atoms with Crippen LogP contribution in [0, 0.1) is 0 Å². The van der Waals surface area contributed by atoms with Gasteiger partial charge in [-0.25, -0.2) is 8.42 Å². The van der Waals surface area contributed by atoms with E-state index in [1.165, 1.54) is 12.1 Å². The van der Waals surface area contributed by atoms with Crippen molar-refractivity contribution in [3.05, 3.63) is 29.3 Å². The fourth-order valence-electron chi connectivity index (χ4n) is 2.45. The molecule has 0 amide bonds. The van der Waals surface area contributed by atoms with Crippen molar-refractivity contribution in [2.75, 3.05) is 18.8 Å². The van der Waals surface area contributed by atoms with Crippen LogP contribution in [0.5, 0.6) is 0 Å². The van der Waals surface area contributed by atoms with Crippen LogP contribution in [0.4, 0.5) is 0 Å². The van der Waals surface area contributed by atoms with Crippen LogP contribution in [-0.2, 0) is 14.6 Å². The number of aldehydes is 1. The van der Waals surface area contributed by atoms with Crippen molar-refractivity contribution < 1.29 is 13.2 Å². The number of halogens is 1. The van der Waals surface area contributed by atoms with Gasteiger partial charge in [-0.1, -0.05) is 18.0 Å². The lowest BCUT2D eigenvalue weighted by atomic mass is 10.0. The molecule has 1 unspecified atom stereocenters. The van der Waals surface area contributed by atoms with Crippen molar-refractivity contribution in [2.24, 2.45) is 0 Å². The monoisotopic (exact) mass is 315 g/mol. The second-order valence-corrected chi connectivity index (χ2v) is 7.55. The molecule has 20 heavy (non-hydrogen) atoms. The molecular formula is C14H18ClNO3S. The molecule has 110 valence electrons. The highest BCUT2D eigenvalue weighted by Gasteiger charge is 2.24. The first-order chi connectivity index (χ1) is 9.53. The van der Waals surface area contributed by atoms with Gasteiger partial charge in [0.05, 0.1) is 16.7 Å². The summed E-state index contributed by atoms with van der Waals surface area (Å²) in [6.07, 6.45) is 3.80. The maximum absolute atomic E-state index is 12.2. The third-order valence-electron chi connectivity index (χ3n) is 3.64. The number of sulfone groups is 1. The smallest absolute Gasteiger partial charge is 0.179 e. The molecule has 0 N–H and O–H groups in total. The quantitative estimate of drug-likeness (QED) is 0.781. The number of hydrogen-bond donors (Lipinski definition) is 0. The van der Waals surface area contributed by atoms with Crippen molar-refractivity contribution >= 4 is 27.7 Å². The Morgan fingerprint density at radius 2 is 1.95 bits per heavy atom. The standard InChI is InChI=1S/C14H18ClNO3S/c15-12-4-6-14(7-5-12)20(18,19)10-9-16-8-2-1-3-13(16)11-17/h4-7,11,13H,1-3,8-10H2. The van der Waals surface area contributed by atoms with Crippen LogP contribution >= 0.6 is 11.6 Å². The van der Waals surface area contributed by atoms with E-state index in [9.17, 15) is 13.2 Å². The number of carbonyl (C=O) groups is 1. The fraction of sp³-hybridized carbons (Fsp3) is 0.500. The number of piperidine rings is 1. The minimum atomic E-state index is -3.32. The van der Waals surface area contributed by atoms with E-state index in [-0.39, 0.29) is 16.7 Å². The van der Waals surface area contributed by atoms with Gasteiger partial charge < -0.3 is 4.79 Å². The second-order valence-electron chi connectivity index (χ2n) is 5.01. The Labute approximate surface area is 124 Å². The Morgan fingerprint density at radius 3 is 2.60 bits per heavy atom. The molecule has 1 fully saturated rings. The van der Waals surface area contributed by atoms with Gasteiger partial charge in [0.15, 0.2) is 9.84 Å². The van der Waals surface area contributed by atoms with Gasteiger partial charge in [-0.3, -0.25) is 4.90 Å². The van der Waals surface area contributed by atoms with Crippen molar-refractivity contribution in [3.8, 4) is 0 Å². The van der Waals surface area contributed by atoms with Crippen molar-refractivity contribution in [2.45, 2.75) is 30.2 Å². The summed E-state index contributed by atoms with van der Waals surface area (Å²) in [4.78, 5) is 13.2. The Hall–Kier alpha value is -0.910. The van der Waals surface area contributed by atoms with E-state index in [1.54, 1.807) is 12.1 Å². The van der Waals surface area contributed by atoms with Crippen molar-refractivity contribution in [1.82, 2.24) is 4.90 Å². The third kappa shape index (κ3) is 3.81. The molecule has 4 nitrogen and oxygen atoms in total. The van der Waals surface area contributed by atoms with Crippen LogP contribution in [0.1, 0.15) is 19.3 Å². The van der Waals surface area contributed by atoms with Gasteiger partial charge in [0.25, 0.3) is 0 Å². The molecule has 0 saturated carbocycles. The molecule has 0 radical (unpaired) electrons. The summed E-state index contributed by atoms with van der Waals surface area (Å²) in [5, 5.41) is 0.515. The zero-order chi connectivity index (χ0) is 14.6. The van der Waals surface area contributed by atoms with Gasteiger partial charge in [0.2, 0.25) is 0 Å². The van der Waals surface area contributed by atoms with E-state index in [1.807, 2.05) is 4.90 Å². The lowest BCUT2D eigenvalue weighted by Crippen LogP contribution is -2.42. The largest absolute Gasteiger partial charge is 0.302 e. The molecule has 1 saturated heterocycles. The summed E-state index contributed by atoms with van der Waals surface area (Å²) in [5.41, 5.74) is 0. The van der Waals surface area contributed by atoms with Crippen LogP contribution < -0.4 is 0 Å². The van der Waals surface area contributed by atoms with Crippen LogP contribution in [0.2, 0.25) is 5.02 Å². The number of likely N-dealkylation sites (tertiary alicyclic amines) is 1. The molecule has 0 spiro atoms.